The van der Waals surface area contributed by atoms with Crippen LogP contribution in [0.1, 0.15) is 51.9 Å². The van der Waals surface area contributed by atoms with Gasteiger partial charge in [0.15, 0.2) is 0 Å². The van der Waals surface area contributed by atoms with E-state index in [1.165, 1.54) is 32.1 Å². The van der Waals surface area contributed by atoms with E-state index in [4.69, 9.17) is 9.47 Å². The van der Waals surface area contributed by atoms with Gasteiger partial charge >= 0.3 is 0 Å². The fourth-order valence-electron chi connectivity index (χ4n) is 3.79. The Bertz CT molecular complexity index is 265. The van der Waals surface area contributed by atoms with Gasteiger partial charge in [-0.2, -0.15) is 0 Å². The highest BCUT2D eigenvalue weighted by molar-refractivity contribution is 4.97. The third-order valence-electron chi connectivity index (χ3n) is 4.78. The SMILES string of the molecule is CC1(NC2CCOC3(CCCC3)C2)CCOC1. The number of ether oxygens (including phenoxy) is 2. The Kier molecular flexibility index (Phi) is 3.18. The number of nitrogens with one attached hydrogen (secondary N) is 1. The Morgan fingerprint density at radius 2 is 1.94 bits per heavy atom. The van der Waals surface area contributed by atoms with Crippen molar-refractivity contribution in [3.05, 3.63) is 0 Å². The summed E-state index contributed by atoms with van der Waals surface area (Å²) in [5, 5.41) is 3.84. The van der Waals surface area contributed by atoms with Crippen LogP contribution in [0.25, 0.3) is 0 Å². The summed E-state index contributed by atoms with van der Waals surface area (Å²) in [6.07, 6.45) is 8.79. The van der Waals surface area contributed by atoms with E-state index in [0.29, 0.717) is 6.04 Å². The lowest BCUT2D eigenvalue weighted by molar-refractivity contribution is -0.0866. The fourth-order valence-corrected chi connectivity index (χ4v) is 3.79. The van der Waals surface area contributed by atoms with Gasteiger partial charge in [0.25, 0.3) is 0 Å². The Labute approximate surface area is 104 Å². The molecule has 2 aliphatic heterocycles. The average Bonchev–Trinajstić information content (AvgIpc) is 2.89. The van der Waals surface area contributed by atoms with Crippen molar-refractivity contribution in [3.63, 3.8) is 0 Å². The summed E-state index contributed by atoms with van der Waals surface area (Å²) in [6, 6.07) is 0.633. The lowest BCUT2D eigenvalue weighted by Gasteiger charge is -2.41. The van der Waals surface area contributed by atoms with Gasteiger partial charge in [0.2, 0.25) is 0 Å². The molecule has 17 heavy (non-hydrogen) atoms. The van der Waals surface area contributed by atoms with Crippen LogP contribution < -0.4 is 5.32 Å². The zero-order chi connectivity index (χ0) is 11.8. The molecule has 1 N–H and O–H groups in total. The second kappa shape index (κ2) is 4.52. The Balaban J connectivity index is 1.60. The summed E-state index contributed by atoms with van der Waals surface area (Å²) in [6.45, 7) is 5.03. The van der Waals surface area contributed by atoms with Crippen LogP contribution in [0.5, 0.6) is 0 Å². The molecule has 0 aromatic heterocycles. The number of hydrogen-bond donors (Lipinski definition) is 1. The molecule has 3 rings (SSSR count). The molecular formula is C14H25NO2. The van der Waals surface area contributed by atoms with E-state index in [-0.39, 0.29) is 11.1 Å². The summed E-state index contributed by atoms with van der Waals surface area (Å²) in [5.74, 6) is 0. The molecule has 1 spiro atoms. The minimum atomic E-state index is 0.210. The predicted molar refractivity (Wildman–Crippen MR) is 67.1 cm³/mol. The molecule has 1 aliphatic carbocycles. The van der Waals surface area contributed by atoms with Crippen molar-refractivity contribution in [1.82, 2.24) is 5.32 Å². The van der Waals surface area contributed by atoms with Crippen LogP contribution in [0.4, 0.5) is 0 Å². The Morgan fingerprint density at radius 3 is 2.65 bits per heavy atom. The molecule has 0 aromatic carbocycles. The molecule has 3 fully saturated rings. The maximum Gasteiger partial charge on any atom is 0.0697 e. The van der Waals surface area contributed by atoms with Gasteiger partial charge < -0.3 is 14.8 Å². The van der Waals surface area contributed by atoms with Gasteiger partial charge in [-0.25, -0.2) is 0 Å². The largest absolute Gasteiger partial charge is 0.379 e. The van der Waals surface area contributed by atoms with E-state index < -0.39 is 0 Å². The smallest absolute Gasteiger partial charge is 0.0697 e. The molecule has 0 amide bonds. The van der Waals surface area contributed by atoms with Crippen molar-refractivity contribution in [2.24, 2.45) is 0 Å². The molecule has 0 aromatic rings. The first-order chi connectivity index (χ1) is 8.20. The van der Waals surface area contributed by atoms with Gasteiger partial charge in [-0.1, -0.05) is 12.8 Å². The first-order valence-corrected chi connectivity index (χ1v) is 7.19. The van der Waals surface area contributed by atoms with Crippen LogP contribution in [-0.4, -0.2) is 37.0 Å². The van der Waals surface area contributed by atoms with Crippen LogP contribution in [0.2, 0.25) is 0 Å². The Morgan fingerprint density at radius 1 is 1.12 bits per heavy atom. The quantitative estimate of drug-likeness (QED) is 0.801. The molecule has 2 saturated heterocycles. The van der Waals surface area contributed by atoms with Crippen LogP contribution in [0, 0.1) is 0 Å². The second-order valence-electron chi connectivity index (χ2n) is 6.44. The fraction of sp³-hybridized carbons (Fsp3) is 1.00. The van der Waals surface area contributed by atoms with Gasteiger partial charge in [0, 0.05) is 24.8 Å². The number of hydrogen-bond acceptors (Lipinski definition) is 3. The van der Waals surface area contributed by atoms with E-state index in [2.05, 4.69) is 12.2 Å². The van der Waals surface area contributed by atoms with Crippen LogP contribution >= 0.6 is 0 Å². The van der Waals surface area contributed by atoms with Crippen LogP contribution in [0.3, 0.4) is 0 Å². The van der Waals surface area contributed by atoms with Crippen molar-refractivity contribution < 1.29 is 9.47 Å². The zero-order valence-corrected chi connectivity index (χ0v) is 11.0. The monoisotopic (exact) mass is 239 g/mol. The minimum absolute atomic E-state index is 0.210. The van der Waals surface area contributed by atoms with Crippen LogP contribution in [0.15, 0.2) is 0 Å². The third kappa shape index (κ3) is 2.51. The first kappa shape index (κ1) is 11.9. The van der Waals surface area contributed by atoms with Crippen molar-refractivity contribution in [2.45, 2.75) is 69.1 Å². The van der Waals surface area contributed by atoms with E-state index >= 15 is 0 Å². The van der Waals surface area contributed by atoms with Crippen molar-refractivity contribution in [1.29, 1.82) is 0 Å². The number of rotatable bonds is 2. The molecule has 98 valence electrons. The zero-order valence-electron chi connectivity index (χ0n) is 11.0. The topological polar surface area (TPSA) is 30.5 Å². The maximum absolute atomic E-state index is 6.08. The summed E-state index contributed by atoms with van der Waals surface area (Å²) >= 11 is 0. The lowest BCUT2D eigenvalue weighted by Crippen LogP contribution is -2.54. The predicted octanol–water partition coefficient (Wildman–Crippen LogP) is 2.25. The molecule has 2 unspecified atom stereocenters. The first-order valence-electron chi connectivity index (χ1n) is 7.19. The van der Waals surface area contributed by atoms with Gasteiger partial charge in [-0.3, -0.25) is 0 Å². The molecule has 1 saturated carbocycles. The molecule has 2 heterocycles. The highest BCUT2D eigenvalue weighted by Crippen LogP contribution is 2.40. The molecule has 0 radical (unpaired) electrons. The van der Waals surface area contributed by atoms with Crippen LogP contribution in [-0.2, 0) is 9.47 Å². The summed E-state index contributed by atoms with van der Waals surface area (Å²) in [5.41, 5.74) is 0.438. The van der Waals surface area contributed by atoms with Crippen molar-refractivity contribution in [3.8, 4) is 0 Å². The van der Waals surface area contributed by atoms with Gasteiger partial charge in [-0.05, 0) is 39.0 Å². The second-order valence-corrected chi connectivity index (χ2v) is 6.44. The summed E-state index contributed by atoms with van der Waals surface area (Å²) < 4.78 is 11.6. The van der Waals surface area contributed by atoms with Gasteiger partial charge in [0.1, 0.15) is 0 Å². The minimum Gasteiger partial charge on any atom is -0.379 e. The summed E-state index contributed by atoms with van der Waals surface area (Å²) in [7, 11) is 0. The maximum atomic E-state index is 6.08. The molecule has 3 nitrogen and oxygen atoms in total. The van der Waals surface area contributed by atoms with Crippen molar-refractivity contribution in [2.75, 3.05) is 19.8 Å². The summed E-state index contributed by atoms with van der Waals surface area (Å²) in [4.78, 5) is 0. The molecule has 2 atom stereocenters. The molecule has 3 aliphatic rings. The Hall–Kier alpha value is -0.120. The van der Waals surface area contributed by atoms with E-state index in [9.17, 15) is 0 Å². The van der Waals surface area contributed by atoms with E-state index in [1.54, 1.807) is 0 Å². The molecular weight excluding hydrogens is 214 g/mol. The molecule has 3 heteroatoms. The third-order valence-corrected chi connectivity index (χ3v) is 4.78. The highest BCUT2D eigenvalue weighted by atomic mass is 16.5. The lowest BCUT2D eigenvalue weighted by atomic mass is 9.87. The highest BCUT2D eigenvalue weighted by Gasteiger charge is 2.42. The van der Waals surface area contributed by atoms with Crippen molar-refractivity contribution >= 4 is 0 Å². The van der Waals surface area contributed by atoms with Gasteiger partial charge in [-0.15, -0.1) is 0 Å². The average molecular weight is 239 g/mol. The van der Waals surface area contributed by atoms with Gasteiger partial charge in [0.05, 0.1) is 12.2 Å². The van der Waals surface area contributed by atoms with E-state index in [0.717, 1.165) is 32.7 Å². The standard InChI is InChI=1S/C14H25NO2/c1-13(7-9-16-11-13)15-12-4-8-17-14(10-12)5-2-3-6-14/h12,15H,2-11H2,1H3. The van der Waals surface area contributed by atoms with E-state index in [1.807, 2.05) is 0 Å². The molecule has 0 bridgehead atoms. The normalized spacial score (nSPS) is 41.1.